The van der Waals surface area contributed by atoms with Crippen LogP contribution < -0.4 is 9.47 Å². The zero-order valence-corrected chi connectivity index (χ0v) is 14.1. The topological polar surface area (TPSA) is 72.1 Å². The molecule has 1 aromatic carbocycles. The normalized spacial score (nSPS) is 15.1. The van der Waals surface area contributed by atoms with E-state index in [1.165, 1.54) is 20.3 Å². The molecule has 0 bridgehead atoms. The summed E-state index contributed by atoms with van der Waals surface area (Å²) < 4.78 is 16.1. The Bertz CT molecular complexity index is 799. The molecule has 24 heavy (non-hydrogen) atoms. The number of carbonyl (C=O) groups excluding carboxylic acids is 1. The van der Waals surface area contributed by atoms with Gasteiger partial charge in [-0.3, -0.25) is 4.79 Å². The minimum absolute atomic E-state index is 0.0982. The van der Waals surface area contributed by atoms with E-state index < -0.39 is 0 Å². The van der Waals surface area contributed by atoms with E-state index in [4.69, 9.17) is 13.9 Å². The molecule has 6 nitrogen and oxygen atoms in total. The van der Waals surface area contributed by atoms with Crippen LogP contribution >= 0.6 is 0 Å². The molecule has 0 saturated carbocycles. The van der Waals surface area contributed by atoms with Crippen molar-refractivity contribution in [2.45, 2.75) is 19.8 Å². The number of carbonyl (C=O) groups is 1. The second-order valence-corrected chi connectivity index (χ2v) is 5.83. The quantitative estimate of drug-likeness (QED) is 0.669. The number of likely N-dealkylation sites (tertiary alicyclic amines) is 1. The van der Waals surface area contributed by atoms with Crippen LogP contribution in [-0.2, 0) is 0 Å². The van der Waals surface area contributed by atoms with Gasteiger partial charge in [-0.15, -0.1) is 0 Å². The van der Waals surface area contributed by atoms with Crippen LogP contribution in [0.25, 0.3) is 11.0 Å². The van der Waals surface area contributed by atoms with Crippen LogP contribution in [0.4, 0.5) is 0 Å². The summed E-state index contributed by atoms with van der Waals surface area (Å²) in [6.07, 6.45) is 3.89. The molecule has 6 heteroatoms. The number of methoxy groups -OCH3 is 2. The second-order valence-electron chi connectivity index (χ2n) is 5.83. The Kier molecular flexibility index (Phi) is 4.38. The molecule has 128 valence electrons. The average molecular weight is 331 g/mol. The van der Waals surface area contributed by atoms with E-state index >= 15 is 0 Å². The predicted molar refractivity (Wildman–Crippen MR) is 89.9 cm³/mol. The largest absolute Gasteiger partial charge is 0.504 e. The van der Waals surface area contributed by atoms with Gasteiger partial charge in [0.25, 0.3) is 0 Å². The first-order chi connectivity index (χ1) is 11.5. The van der Waals surface area contributed by atoms with Crippen molar-refractivity contribution in [3.8, 4) is 17.2 Å². The molecule has 2 aromatic rings. The van der Waals surface area contributed by atoms with E-state index in [0.29, 0.717) is 16.7 Å². The molecule has 1 aliphatic heterocycles. The van der Waals surface area contributed by atoms with Crippen molar-refractivity contribution >= 4 is 16.8 Å². The maximum atomic E-state index is 12.5. The maximum absolute atomic E-state index is 12.5. The van der Waals surface area contributed by atoms with Crippen molar-refractivity contribution in [2.75, 3.05) is 27.3 Å². The van der Waals surface area contributed by atoms with Gasteiger partial charge in [0.2, 0.25) is 11.5 Å². The Balaban J connectivity index is 2.01. The molecule has 0 atom stereocenters. The summed E-state index contributed by atoms with van der Waals surface area (Å²) in [5.41, 5.74) is 1.23. The van der Waals surface area contributed by atoms with Gasteiger partial charge in [-0.05, 0) is 25.8 Å². The van der Waals surface area contributed by atoms with E-state index in [1.807, 2.05) is 6.92 Å². The highest BCUT2D eigenvalue weighted by molar-refractivity contribution is 6.06. The number of phenolic OH excluding ortho intramolecular Hbond substituents is 1. The number of phenols is 1. The number of ether oxygens (including phenoxy) is 2. The number of fused-ring (bicyclic) bond motifs is 1. The lowest BCUT2D eigenvalue weighted by Crippen LogP contribution is -2.17. The van der Waals surface area contributed by atoms with Crippen LogP contribution in [0.5, 0.6) is 17.2 Å². The van der Waals surface area contributed by atoms with Crippen LogP contribution in [0.3, 0.4) is 0 Å². The number of allylic oxidation sites excluding steroid dienone is 2. The Morgan fingerprint density at radius 1 is 1.25 bits per heavy atom. The second kappa shape index (κ2) is 6.47. The van der Waals surface area contributed by atoms with Crippen molar-refractivity contribution < 1.29 is 23.8 Å². The zero-order valence-electron chi connectivity index (χ0n) is 14.1. The number of rotatable bonds is 5. The minimum Gasteiger partial charge on any atom is -0.504 e. The molecular weight excluding hydrogens is 310 g/mol. The van der Waals surface area contributed by atoms with Crippen LogP contribution in [-0.4, -0.2) is 43.1 Å². The number of aromatic hydroxyl groups is 1. The summed E-state index contributed by atoms with van der Waals surface area (Å²) in [6, 6.07) is 3.06. The monoisotopic (exact) mass is 331 g/mol. The zero-order chi connectivity index (χ0) is 17.3. The third-order valence-electron chi connectivity index (χ3n) is 4.32. The van der Waals surface area contributed by atoms with E-state index in [9.17, 15) is 9.90 Å². The van der Waals surface area contributed by atoms with Crippen LogP contribution in [0.15, 0.2) is 28.3 Å². The molecule has 2 heterocycles. The molecule has 0 amide bonds. The van der Waals surface area contributed by atoms with Gasteiger partial charge in [-0.25, -0.2) is 0 Å². The summed E-state index contributed by atoms with van der Waals surface area (Å²) in [6.45, 7) is 3.88. The highest BCUT2D eigenvalue weighted by Gasteiger charge is 2.21. The number of nitrogens with zero attached hydrogens (tertiary/aromatic N) is 1. The number of hydrogen-bond donors (Lipinski definition) is 1. The molecule has 0 spiro atoms. The summed E-state index contributed by atoms with van der Waals surface area (Å²) >= 11 is 0. The molecule has 0 aliphatic carbocycles. The molecular formula is C18H21NO5. The van der Waals surface area contributed by atoms with E-state index in [2.05, 4.69) is 4.90 Å². The van der Waals surface area contributed by atoms with Crippen LogP contribution in [0.2, 0.25) is 0 Å². The fourth-order valence-corrected chi connectivity index (χ4v) is 3.04. The highest BCUT2D eigenvalue weighted by Crippen LogP contribution is 2.42. The van der Waals surface area contributed by atoms with Gasteiger partial charge in [0.15, 0.2) is 17.1 Å². The molecule has 0 radical (unpaired) electrons. The van der Waals surface area contributed by atoms with Crippen LogP contribution in [0, 0.1) is 0 Å². The standard InChI is InChI=1S/C18H21NO5/c1-11(19-6-4-5-7-19)8-13(20)16-9-12-15(22-2)10-14(21)18(23-3)17(12)24-16/h8-10,21H,4-7H2,1-3H3/b11-8-. The Hall–Kier alpha value is -2.63. The third-order valence-corrected chi connectivity index (χ3v) is 4.32. The highest BCUT2D eigenvalue weighted by atomic mass is 16.5. The van der Waals surface area contributed by atoms with Crippen molar-refractivity contribution in [3.63, 3.8) is 0 Å². The fourth-order valence-electron chi connectivity index (χ4n) is 3.04. The third kappa shape index (κ3) is 2.79. The van der Waals surface area contributed by atoms with E-state index in [1.54, 1.807) is 12.1 Å². The number of furan rings is 1. The summed E-state index contributed by atoms with van der Waals surface area (Å²) in [7, 11) is 2.93. The first-order valence-corrected chi connectivity index (χ1v) is 7.90. The lowest BCUT2D eigenvalue weighted by atomic mass is 10.2. The molecule has 1 saturated heterocycles. The maximum Gasteiger partial charge on any atom is 0.222 e. The Labute approximate surface area is 140 Å². The van der Waals surface area contributed by atoms with Crippen molar-refractivity contribution in [2.24, 2.45) is 0 Å². The number of hydrogen-bond acceptors (Lipinski definition) is 6. The van der Waals surface area contributed by atoms with Gasteiger partial charge in [0.1, 0.15) is 5.75 Å². The molecule has 1 fully saturated rings. The van der Waals surface area contributed by atoms with Gasteiger partial charge in [0.05, 0.1) is 19.6 Å². The molecule has 3 rings (SSSR count). The summed E-state index contributed by atoms with van der Waals surface area (Å²) in [5, 5.41) is 10.6. The van der Waals surface area contributed by atoms with Gasteiger partial charge in [-0.2, -0.15) is 0 Å². The summed E-state index contributed by atoms with van der Waals surface area (Å²) in [4.78, 5) is 14.7. The van der Waals surface area contributed by atoms with Gasteiger partial charge >= 0.3 is 0 Å². The lowest BCUT2D eigenvalue weighted by molar-refractivity contribution is 0.102. The van der Waals surface area contributed by atoms with Crippen molar-refractivity contribution in [1.82, 2.24) is 4.90 Å². The van der Waals surface area contributed by atoms with Gasteiger partial charge < -0.3 is 23.9 Å². The van der Waals surface area contributed by atoms with Crippen molar-refractivity contribution in [3.05, 3.63) is 29.7 Å². The lowest BCUT2D eigenvalue weighted by Gasteiger charge is -2.17. The fraction of sp³-hybridized carbons (Fsp3) is 0.389. The van der Waals surface area contributed by atoms with Gasteiger partial charge in [-0.1, -0.05) is 0 Å². The molecule has 1 aliphatic rings. The first-order valence-electron chi connectivity index (χ1n) is 7.90. The number of benzene rings is 1. The van der Waals surface area contributed by atoms with Gasteiger partial charge in [0, 0.05) is 30.9 Å². The molecule has 1 N–H and O–H groups in total. The van der Waals surface area contributed by atoms with Crippen molar-refractivity contribution in [1.29, 1.82) is 0 Å². The SMILES string of the molecule is COc1cc(O)c(OC)c2oc(C(=O)/C=C(/C)N3CCCC3)cc12. The molecule has 1 aromatic heterocycles. The Morgan fingerprint density at radius 3 is 2.58 bits per heavy atom. The predicted octanol–water partition coefficient (Wildman–Crippen LogP) is 3.34. The van der Waals surface area contributed by atoms with E-state index in [-0.39, 0.29) is 23.0 Å². The molecule has 0 unspecified atom stereocenters. The Morgan fingerprint density at radius 2 is 1.96 bits per heavy atom. The smallest absolute Gasteiger partial charge is 0.222 e. The summed E-state index contributed by atoms with van der Waals surface area (Å²) in [5.74, 6) is 0.473. The van der Waals surface area contributed by atoms with Crippen LogP contribution in [0.1, 0.15) is 30.3 Å². The number of ketones is 1. The van der Waals surface area contributed by atoms with E-state index in [0.717, 1.165) is 31.6 Å². The minimum atomic E-state index is -0.223. The average Bonchev–Trinajstić information content (AvgIpc) is 3.23. The first kappa shape index (κ1) is 16.2.